The summed E-state index contributed by atoms with van der Waals surface area (Å²) in [5.74, 6) is 0. The molecule has 86 valence electrons. The largest absolute Gasteiger partial charge is 0.334 e. The second-order valence-corrected chi connectivity index (χ2v) is 4.12. The smallest absolute Gasteiger partial charge is 0.289 e. The van der Waals surface area contributed by atoms with Gasteiger partial charge in [0.05, 0.1) is 0 Å². The molecule has 0 atom stereocenters. The zero-order valence-electron chi connectivity index (χ0n) is 9.47. The molecule has 0 aliphatic heterocycles. The van der Waals surface area contributed by atoms with Crippen LogP contribution in [0.5, 0.6) is 0 Å². The second kappa shape index (κ2) is 6.33. The number of carbonyl (C=O) groups excluding carboxylic acids is 2. The van der Waals surface area contributed by atoms with E-state index < -0.39 is 0 Å². The average Bonchev–Trinajstić information content (AvgIpc) is 2.31. The van der Waals surface area contributed by atoms with Gasteiger partial charge in [-0.2, -0.15) is 0 Å². The van der Waals surface area contributed by atoms with Crippen LogP contribution in [0.25, 0.3) is 0 Å². The monoisotopic (exact) mass is 237 g/mol. The SMILES string of the molecule is CCN(CC)C(=O)SC(=O)c1ccccc1. The number of nitrogens with zero attached hydrogens (tertiary/aromatic N) is 1. The fraction of sp³-hybridized carbons (Fsp3) is 0.333. The van der Waals surface area contributed by atoms with Crippen LogP contribution in [-0.2, 0) is 0 Å². The highest BCUT2D eigenvalue weighted by Crippen LogP contribution is 2.15. The number of thioether (sulfide) groups is 1. The first-order valence-electron chi connectivity index (χ1n) is 5.25. The van der Waals surface area contributed by atoms with Crippen LogP contribution in [0.3, 0.4) is 0 Å². The number of benzene rings is 1. The molecule has 0 saturated carbocycles. The molecule has 0 N–H and O–H groups in total. The van der Waals surface area contributed by atoms with Gasteiger partial charge in [0.2, 0.25) is 5.12 Å². The van der Waals surface area contributed by atoms with E-state index in [4.69, 9.17) is 0 Å². The van der Waals surface area contributed by atoms with Gasteiger partial charge in [0.15, 0.2) is 0 Å². The van der Waals surface area contributed by atoms with Crippen LogP contribution >= 0.6 is 11.8 Å². The molecule has 1 aromatic carbocycles. The second-order valence-electron chi connectivity index (χ2n) is 3.19. The van der Waals surface area contributed by atoms with Gasteiger partial charge in [0.1, 0.15) is 0 Å². The van der Waals surface area contributed by atoms with Crippen molar-refractivity contribution in [3.63, 3.8) is 0 Å². The van der Waals surface area contributed by atoms with Gasteiger partial charge in [-0.3, -0.25) is 9.59 Å². The Morgan fingerprint density at radius 3 is 2.19 bits per heavy atom. The fourth-order valence-corrected chi connectivity index (χ4v) is 2.06. The zero-order chi connectivity index (χ0) is 12.0. The van der Waals surface area contributed by atoms with Gasteiger partial charge >= 0.3 is 0 Å². The average molecular weight is 237 g/mol. The van der Waals surface area contributed by atoms with Crippen LogP contribution in [0.1, 0.15) is 24.2 Å². The molecule has 1 rings (SSSR count). The lowest BCUT2D eigenvalue weighted by Gasteiger charge is -2.16. The molecule has 0 saturated heterocycles. The third-order valence-corrected chi connectivity index (χ3v) is 3.07. The normalized spacial score (nSPS) is 9.88. The van der Waals surface area contributed by atoms with Crippen molar-refractivity contribution in [1.82, 2.24) is 4.90 Å². The molecule has 0 spiro atoms. The van der Waals surface area contributed by atoms with Crippen LogP contribution in [0.2, 0.25) is 0 Å². The summed E-state index contributed by atoms with van der Waals surface area (Å²) in [5, 5.41) is -0.378. The van der Waals surface area contributed by atoms with Crippen molar-refractivity contribution in [3.05, 3.63) is 35.9 Å². The minimum absolute atomic E-state index is 0.182. The Bertz CT molecular complexity index is 361. The van der Waals surface area contributed by atoms with E-state index >= 15 is 0 Å². The first-order valence-corrected chi connectivity index (χ1v) is 6.06. The third kappa shape index (κ3) is 3.38. The molecule has 0 bridgehead atoms. The van der Waals surface area contributed by atoms with E-state index in [1.807, 2.05) is 19.9 Å². The minimum atomic E-state index is -0.197. The topological polar surface area (TPSA) is 37.4 Å². The molecule has 1 amide bonds. The van der Waals surface area contributed by atoms with Crippen LogP contribution in [0.4, 0.5) is 4.79 Å². The highest BCUT2D eigenvalue weighted by atomic mass is 32.2. The molecule has 4 heteroatoms. The van der Waals surface area contributed by atoms with Crippen molar-refractivity contribution in [1.29, 1.82) is 0 Å². The molecule has 0 unspecified atom stereocenters. The van der Waals surface area contributed by atoms with Crippen molar-refractivity contribution >= 4 is 22.1 Å². The van der Waals surface area contributed by atoms with Crippen LogP contribution in [0, 0.1) is 0 Å². The third-order valence-electron chi connectivity index (χ3n) is 2.21. The first-order chi connectivity index (χ1) is 7.69. The van der Waals surface area contributed by atoms with Gasteiger partial charge in [-0.25, -0.2) is 0 Å². The molecule has 0 aromatic heterocycles. The van der Waals surface area contributed by atoms with Gasteiger partial charge in [0, 0.05) is 30.4 Å². The Balaban J connectivity index is 2.62. The van der Waals surface area contributed by atoms with E-state index in [1.165, 1.54) is 0 Å². The fourth-order valence-electron chi connectivity index (χ4n) is 1.26. The molecule has 0 radical (unpaired) electrons. The summed E-state index contributed by atoms with van der Waals surface area (Å²) < 4.78 is 0. The molecular formula is C12H15NO2S. The molecule has 3 nitrogen and oxygen atoms in total. The van der Waals surface area contributed by atoms with Crippen LogP contribution in [-0.4, -0.2) is 28.3 Å². The van der Waals surface area contributed by atoms with Gasteiger partial charge in [-0.1, -0.05) is 30.3 Å². The number of carbonyl (C=O) groups is 2. The predicted octanol–water partition coefficient (Wildman–Crippen LogP) is 3.02. The maximum absolute atomic E-state index is 11.7. The van der Waals surface area contributed by atoms with E-state index in [0.717, 1.165) is 11.8 Å². The van der Waals surface area contributed by atoms with Gasteiger partial charge < -0.3 is 4.90 Å². The van der Waals surface area contributed by atoms with Crippen molar-refractivity contribution in [3.8, 4) is 0 Å². The lowest BCUT2D eigenvalue weighted by atomic mass is 10.2. The highest BCUT2D eigenvalue weighted by molar-refractivity contribution is 8.26. The number of amides is 1. The summed E-state index contributed by atoms with van der Waals surface area (Å²) in [7, 11) is 0. The molecule has 0 aliphatic carbocycles. The summed E-state index contributed by atoms with van der Waals surface area (Å²) in [6.07, 6.45) is 0. The first kappa shape index (κ1) is 12.8. The zero-order valence-corrected chi connectivity index (χ0v) is 10.3. The Morgan fingerprint density at radius 2 is 1.69 bits per heavy atom. The van der Waals surface area contributed by atoms with Gasteiger partial charge in [-0.05, 0) is 13.8 Å². The molecule has 16 heavy (non-hydrogen) atoms. The summed E-state index contributed by atoms with van der Waals surface area (Å²) in [4.78, 5) is 25.0. The maximum atomic E-state index is 11.7. The number of hydrogen-bond acceptors (Lipinski definition) is 3. The van der Waals surface area contributed by atoms with E-state index in [2.05, 4.69) is 0 Å². The lowest BCUT2D eigenvalue weighted by molar-refractivity contribution is 0.108. The van der Waals surface area contributed by atoms with Crippen molar-refractivity contribution in [2.24, 2.45) is 0 Å². The van der Waals surface area contributed by atoms with Crippen molar-refractivity contribution < 1.29 is 9.59 Å². The summed E-state index contributed by atoms with van der Waals surface area (Å²) in [6, 6.07) is 8.84. The molecule has 0 aliphatic rings. The Labute approximate surface area is 99.8 Å². The van der Waals surface area contributed by atoms with Gasteiger partial charge in [-0.15, -0.1) is 0 Å². The highest BCUT2D eigenvalue weighted by Gasteiger charge is 2.16. The predicted molar refractivity (Wildman–Crippen MR) is 66.7 cm³/mol. The summed E-state index contributed by atoms with van der Waals surface area (Å²) in [5.41, 5.74) is 0.563. The Kier molecular flexibility index (Phi) is 5.05. The van der Waals surface area contributed by atoms with E-state index in [1.54, 1.807) is 29.2 Å². The standard InChI is InChI=1S/C12H15NO2S/c1-3-13(4-2)12(15)16-11(14)10-8-6-5-7-9-10/h5-9H,3-4H2,1-2H3. The van der Waals surface area contributed by atoms with Gasteiger partial charge in [0.25, 0.3) is 5.24 Å². The van der Waals surface area contributed by atoms with Crippen LogP contribution in [0.15, 0.2) is 30.3 Å². The maximum Gasteiger partial charge on any atom is 0.289 e. The van der Waals surface area contributed by atoms with E-state index in [-0.39, 0.29) is 10.4 Å². The summed E-state index contributed by atoms with van der Waals surface area (Å²) in [6.45, 7) is 5.05. The molecular weight excluding hydrogens is 222 g/mol. The van der Waals surface area contributed by atoms with E-state index in [0.29, 0.717) is 18.7 Å². The Morgan fingerprint density at radius 1 is 1.12 bits per heavy atom. The van der Waals surface area contributed by atoms with E-state index in [9.17, 15) is 9.59 Å². The van der Waals surface area contributed by atoms with Crippen LogP contribution < -0.4 is 0 Å². The number of rotatable bonds is 3. The minimum Gasteiger partial charge on any atom is -0.334 e. The quantitative estimate of drug-likeness (QED) is 0.811. The Hall–Kier alpha value is -1.29. The summed E-state index contributed by atoms with van der Waals surface area (Å²) >= 11 is 0.758. The molecule has 0 heterocycles. The number of hydrogen-bond donors (Lipinski definition) is 0. The molecule has 1 aromatic rings. The van der Waals surface area contributed by atoms with Crippen molar-refractivity contribution in [2.75, 3.05) is 13.1 Å². The lowest BCUT2D eigenvalue weighted by Crippen LogP contribution is -2.27. The molecule has 0 fully saturated rings. The van der Waals surface area contributed by atoms with Crippen molar-refractivity contribution in [2.45, 2.75) is 13.8 Å².